The van der Waals surface area contributed by atoms with Gasteiger partial charge < -0.3 is 19.2 Å². The van der Waals surface area contributed by atoms with Gasteiger partial charge in [-0.25, -0.2) is 4.98 Å². The zero-order valence-electron chi connectivity index (χ0n) is 15.8. The highest BCUT2D eigenvalue weighted by Gasteiger charge is 2.21. The number of aromatic nitrogens is 1. The molecule has 0 atom stereocenters. The lowest BCUT2D eigenvalue weighted by atomic mass is 10.1. The maximum absolute atomic E-state index is 13.1. The van der Waals surface area contributed by atoms with Crippen molar-refractivity contribution in [2.45, 2.75) is 0 Å². The van der Waals surface area contributed by atoms with Gasteiger partial charge >= 0.3 is 0 Å². The van der Waals surface area contributed by atoms with E-state index in [1.165, 1.54) is 11.3 Å². The summed E-state index contributed by atoms with van der Waals surface area (Å²) in [6, 6.07) is 18.4. The summed E-state index contributed by atoms with van der Waals surface area (Å²) in [6.07, 6.45) is 1.58. The third-order valence-electron chi connectivity index (χ3n) is 4.22. The summed E-state index contributed by atoms with van der Waals surface area (Å²) in [5, 5.41) is 3.56. The molecule has 0 bridgehead atoms. The number of amides is 1. The van der Waals surface area contributed by atoms with Crippen molar-refractivity contribution in [3.63, 3.8) is 0 Å². The van der Waals surface area contributed by atoms with Crippen LogP contribution in [0.2, 0.25) is 0 Å². The number of hydrogen-bond acceptors (Lipinski definition) is 6. The van der Waals surface area contributed by atoms with Crippen molar-refractivity contribution in [3.05, 3.63) is 71.8 Å². The Bertz CT molecular complexity index is 1100. The molecule has 0 saturated heterocycles. The third-order valence-corrected chi connectivity index (χ3v) is 5.29. The number of rotatable bonds is 6. The van der Waals surface area contributed by atoms with Crippen molar-refractivity contribution in [2.75, 3.05) is 19.5 Å². The number of ether oxygens (including phenoxy) is 2. The van der Waals surface area contributed by atoms with Gasteiger partial charge in [-0.3, -0.25) is 4.79 Å². The molecule has 4 aromatic rings. The van der Waals surface area contributed by atoms with Crippen LogP contribution in [0.25, 0.3) is 22.0 Å². The summed E-state index contributed by atoms with van der Waals surface area (Å²) < 4.78 is 16.0. The number of methoxy groups -OCH3 is 2. The zero-order chi connectivity index (χ0) is 20.2. The number of furan rings is 1. The second-order valence-electron chi connectivity index (χ2n) is 6.10. The van der Waals surface area contributed by atoms with E-state index in [0.29, 0.717) is 38.5 Å². The quantitative estimate of drug-likeness (QED) is 0.468. The monoisotopic (exact) mass is 406 g/mol. The Morgan fingerprint density at radius 2 is 1.72 bits per heavy atom. The minimum Gasteiger partial charge on any atom is -0.497 e. The number of carbonyl (C=O) groups excluding carboxylic acids is 1. The van der Waals surface area contributed by atoms with Gasteiger partial charge in [0.25, 0.3) is 5.91 Å². The molecule has 0 saturated carbocycles. The third kappa shape index (κ3) is 4.00. The summed E-state index contributed by atoms with van der Waals surface area (Å²) in [5.74, 6) is 1.52. The standard InChI is InChI=1S/C22H18N2O4S/c1-26-16-11-15(12-17(13-16)27-2)23-21(25)20-19(14-7-4-3-5-8-14)24-22(29-20)18-9-6-10-28-18/h3-13H,1-2H3,(H,23,25). The molecule has 0 aliphatic carbocycles. The van der Waals surface area contributed by atoms with Crippen LogP contribution in [0.1, 0.15) is 9.67 Å². The highest BCUT2D eigenvalue weighted by molar-refractivity contribution is 7.17. The first-order valence-corrected chi connectivity index (χ1v) is 9.64. The van der Waals surface area contributed by atoms with Crippen molar-refractivity contribution in [1.29, 1.82) is 0 Å². The van der Waals surface area contributed by atoms with Crippen molar-refractivity contribution >= 4 is 22.9 Å². The van der Waals surface area contributed by atoms with Crippen molar-refractivity contribution < 1.29 is 18.7 Å². The number of nitrogens with zero attached hydrogens (tertiary/aromatic N) is 1. The molecule has 0 spiro atoms. The minimum absolute atomic E-state index is 0.269. The number of thiazole rings is 1. The highest BCUT2D eigenvalue weighted by Crippen LogP contribution is 2.35. The first-order valence-electron chi connectivity index (χ1n) is 8.82. The molecule has 0 fully saturated rings. The molecule has 0 unspecified atom stereocenters. The average Bonchev–Trinajstić information content (AvgIpc) is 3.44. The van der Waals surface area contributed by atoms with E-state index in [4.69, 9.17) is 13.9 Å². The van der Waals surface area contributed by atoms with E-state index in [9.17, 15) is 4.79 Å². The summed E-state index contributed by atoms with van der Waals surface area (Å²) >= 11 is 1.28. The summed E-state index contributed by atoms with van der Waals surface area (Å²) in [5.41, 5.74) is 2.03. The Morgan fingerprint density at radius 1 is 1.00 bits per heavy atom. The molecule has 1 N–H and O–H groups in total. The summed E-state index contributed by atoms with van der Waals surface area (Å²) in [4.78, 5) is 18.3. The number of nitrogens with one attached hydrogen (secondary N) is 1. The van der Waals surface area contributed by atoms with E-state index in [2.05, 4.69) is 10.3 Å². The number of hydrogen-bond donors (Lipinski definition) is 1. The Kier molecular flexibility index (Phi) is 5.31. The molecule has 1 amide bonds. The molecule has 4 rings (SSSR count). The average molecular weight is 406 g/mol. The van der Waals surface area contributed by atoms with E-state index in [1.807, 2.05) is 36.4 Å². The molecule has 7 heteroatoms. The maximum Gasteiger partial charge on any atom is 0.268 e. The smallest absolute Gasteiger partial charge is 0.268 e. The topological polar surface area (TPSA) is 73.6 Å². The first-order chi connectivity index (χ1) is 14.2. The lowest BCUT2D eigenvalue weighted by molar-refractivity contribution is 0.103. The van der Waals surface area contributed by atoms with Gasteiger partial charge in [-0.15, -0.1) is 11.3 Å². The Labute approximate surface area is 171 Å². The molecule has 29 heavy (non-hydrogen) atoms. The Morgan fingerprint density at radius 3 is 2.34 bits per heavy atom. The lowest BCUT2D eigenvalue weighted by Crippen LogP contribution is -2.11. The minimum atomic E-state index is -0.269. The fraction of sp³-hybridized carbons (Fsp3) is 0.0909. The molecule has 2 heterocycles. The molecule has 2 aromatic carbocycles. The number of carbonyl (C=O) groups is 1. The van der Waals surface area contributed by atoms with E-state index >= 15 is 0 Å². The normalized spacial score (nSPS) is 10.6. The van der Waals surface area contributed by atoms with Gasteiger partial charge in [-0.1, -0.05) is 30.3 Å². The van der Waals surface area contributed by atoms with Gasteiger partial charge in [-0.2, -0.15) is 0 Å². The van der Waals surface area contributed by atoms with Gasteiger partial charge in [-0.05, 0) is 12.1 Å². The van der Waals surface area contributed by atoms with Gasteiger partial charge in [0.2, 0.25) is 0 Å². The fourth-order valence-corrected chi connectivity index (χ4v) is 3.79. The second-order valence-corrected chi connectivity index (χ2v) is 7.09. The highest BCUT2D eigenvalue weighted by atomic mass is 32.1. The van der Waals surface area contributed by atoms with Gasteiger partial charge in [0.15, 0.2) is 10.8 Å². The van der Waals surface area contributed by atoms with Crippen molar-refractivity contribution in [1.82, 2.24) is 4.98 Å². The predicted octanol–water partition coefficient (Wildman–Crippen LogP) is 5.34. The summed E-state index contributed by atoms with van der Waals surface area (Å²) in [7, 11) is 3.12. The molecule has 2 aromatic heterocycles. The number of benzene rings is 2. The lowest BCUT2D eigenvalue weighted by Gasteiger charge is -2.10. The zero-order valence-corrected chi connectivity index (χ0v) is 16.7. The molecule has 6 nitrogen and oxygen atoms in total. The van der Waals surface area contributed by atoms with Crippen LogP contribution in [-0.4, -0.2) is 25.1 Å². The molecular formula is C22H18N2O4S. The Hall–Kier alpha value is -3.58. The van der Waals surface area contributed by atoms with Gasteiger partial charge in [0.05, 0.1) is 26.2 Å². The molecule has 146 valence electrons. The van der Waals surface area contributed by atoms with Crippen LogP contribution in [0.15, 0.2) is 71.3 Å². The van der Waals surface area contributed by atoms with Crippen molar-refractivity contribution in [2.24, 2.45) is 0 Å². The van der Waals surface area contributed by atoms with E-state index in [-0.39, 0.29) is 5.91 Å². The SMILES string of the molecule is COc1cc(NC(=O)c2sc(-c3ccco3)nc2-c2ccccc2)cc(OC)c1. The second kappa shape index (κ2) is 8.20. The van der Waals surface area contributed by atoms with E-state index in [0.717, 1.165) is 5.56 Å². The predicted molar refractivity (Wildman–Crippen MR) is 113 cm³/mol. The van der Waals surface area contributed by atoms with E-state index in [1.54, 1.807) is 44.7 Å². The van der Waals surface area contributed by atoms with Gasteiger partial charge in [0.1, 0.15) is 16.4 Å². The molecule has 0 aliphatic rings. The first kappa shape index (κ1) is 18.8. The van der Waals surface area contributed by atoms with E-state index < -0.39 is 0 Å². The van der Waals surface area contributed by atoms with Crippen LogP contribution in [0.5, 0.6) is 11.5 Å². The molecular weight excluding hydrogens is 388 g/mol. The van der Waals surface area contributed by atoms with Crippen LogP contribution in [0, 0.1) is 0 Å². The van der Waals surface area contributed by atoms with Crippen molar-refractivity contribution in [3.8, 4) is 33.5 Å². The van der Waals surface area contributed by atoms with Crippen LogP contribution >= 0.6 is 11.3 Å². The fourth-order valence-electron chi connectivity index (χ4n) is 2.84. The van der Waals surface area contributed by atoms with Crippen LogP contribution in [0.3, 0.4) is 0 Å². The van der Waals surface area contributed by atoms with Crippen LogP contribution in [0.4, 0.5) is 5.69 Å². The Balaban J connectivity index is 1.73. The molecule has 0 radical (unpaired) electrons. The molecule has 0 aliphatic heterocycles. The number of anilines is 1. The van der Waals surface area contributed by atoms with Gasteiger partial charge in [0, 0.05) is 29.4 Å². The largest absolute Gasteiger partial charge is 0.497 e. The summed E-state index contributed by atoms with van der Waals surface area (Å²) in [6.45, 7) is 0. The maximum atomic E-state index is 13.1. The van der Waals surface area contributed by atoms with Crippen LogP contribution < -0.4 is 14.8 Å². The van der Waals surface area contributed by atoms with Crippen LogP contribution in [-0.2, 0) is 0 Å².